The second-order valence-electron chi connectivity index (χ2n) is 6.92. The van der Waals surface area contributed by atoms with Crippen LogP contribution in [-0.4, -0.2) is 12.1 Å². The number of hydrogen-bond donors (Lipinski definition) is 2. The molecule has 0 saturated heterocycles. The van der Waals surface area contributed by atoms with E-state index in [-0.39, 0.29) is 6.03 Å². The molecule has 0 unspecified atom stereocenters. The molecule has 3 heteroatoms. The molecule has 2 rings (SSSR count). The molecule has 0 aromatic heterocycles. The number of aryl methyl sites for hydroxylation is 1. The van der Waals surface area contributed by atoms with Crippen molar-refractivity contribution in [1.29, 1.82) is 0 Å². The Balaban J connectivity index is 1.80. The second kappa shape index (κ2) is 10.3. The van der Waals surface area contributed by atoms with E-state index in [9.17, 15) is 4.79 Å². The molecule has 2 N–H and O–H groups in total. The first kappa shape index (κ1) is 17.8. The molecule has 0 aliphatic heterocycles. The fourth-order valence-electron chi connectivity index (χ4n) is 3.38. The van der Waals surface area contributed by atoms with E-state index in [1.54, 1.807) is 0 Å². The monoisotopic (exact) mass is 316 g/mol. The van der Waals surface area contributed by atoms with Crippen molar-refractivity contribution in [3.63, 3.8) is 0 Å². The number of carbonyl (C=O) groups is 1. The largest absolute Gasteiger partial charge is 0.335 e. The minimum Gasteiger partial charge on any atom is -0.335 e. The van der Waals surface area contributed by atoms with Crippen LogP contribution < -0.4 is 10.6 Å². The summed E-state index contributed by atoms with van der Waals surface area (Å²) in [4.78, 5) is 12.2. The molecule has 0 heterocycles. The van der Waals surface area contributed by atoms with Gasteiger partial charge in [0.15, 0.2) is 0 Å². The molecule has 0 bridgehead atoms. The zero-order chi connectivity index (χ0) is 16.3. The SMILES string of the molecule is Cc1cccc(NC(=O)NC2CCCCCCCCCCC2)c1. The highest BCUT2D eigenvalue weighted by Crippen LogP contribution is 2.17. The van der Waals surface area contributed by atoms with Crippen molar-refractivity contribution in [1.82, 2.24) is 5.32 Å². The lowest BCUT2D eigenvalue weighted by molar-refractivity contribution is 0.246. The summed E-state index contributed by atoms with van der Waals surface area (Å²) in [6.45, 7) is 2.04. The van der Waals surface area contributed by atoms with Crippen LogP contribution in [0.3, 0.4) is 0 Å². The van der Waals surface area contributed by atoms with Gasteiger partial charge in [-0.2, -0.15) is 0 Å². The van der Waals surface area contributed by atoms with E-state index in [0.717, 1.165) is 24.1 Å². The van der Waals surface area contributed by atoms with Crippen LogP contribution in [-0.2, 0) is 0 Å². The number of carbonyl (C=O) groups excluding carboxylic acids is 1. The molecule has 1 saturated carbocycles. The van der Waals surface area contributed by atoms with E-state index >= 15 is 0 Å². The van der Waals surface area contributed by atoms with Crippen molar-refractivity contribution in [3.05, 3.63) is 29.8 Å². The first-order valence-corrected chi connectivity index (χ1v) is 9.38. The molecule has 23 heavy (non-hydrogen) atoms. The molecular formula is C20H32N2O. The number of anilines is 1. The molecule has 0 spiro atoms. The van der Waals surface area contributed by atoms with Crippen LogP contribution in [0.25, 0.3) is 0 Å². The Bertz CT molecular complexity index is 460. The maximum Gasteiger partial charge on any atom is 0.319 e. The number of rotatable bonds is 2. The maximum atomic E-state index is 12.2. The van der Waals surface area contributed by atoms with Gasteiger partial charge in [-0.05, 0) is 37.5 Å². The van der Waals surface area contributed by atoms with Gasteiger partial charge in [-0.25, -0.2) is 4.79 Å². The van der Waals surface area contributed by atoms with Gasteiger partial charge in [0.2, 0.25) is 0 Å². The van der Waals surface area contributed by atoms with E-state index in [2.05, 4.69) is 10.6 Å². The van der Waals surface area contributed by atoms with E-state index in [0.29, 0.717) is 6.04 Å². The fraction of sp³-hybridized carbons (Fsp3) is 0.650. The summed E-state index contributed by atoms with van der Waals surface area (Å²) < 4.78 is 0. The van der Waals surface area contributed by atoms with Gasteiger partial charge in [-0.1, -0.05) is 69.9 Å². The normalized spacial score (nSPS) is 18.5. The van der Waals surface area contributed by atoms with Gasteiger partial charge in [0.1, 0.15) is 0 Å². The van der Waals surface area contributed by atoms with Crippen LogP contribution in [0.2, 0.25) is 0 Å². The number of benzene rings is 1. The summed E-state index contributed by atoms with van der Waals surface area (Å²) in [5.41, 5.74) is 2.03. The summed E-state index contributed by atoms with van der Waals surface area (Å²) in [5, 5.41) is 6.16. The lowest BCUT2D eigenvalue weighted by Crippen LogP contribution is -2.38. The summed E-state index contributed by atoms with van der Waals surface area (Å²) in [6.07, 6.45) is 14.2. The molecule has 128 valence electrons. The van der Waals surface area contributed by atoms with Crippen molar-refractivity contribution >= 4 is 11.7 Å². The Morgan fingerprint density at radius 3 is 2.04 bits per heavy atom. The van der Waals surface area contributed by atoms with Crippen molar-refractivity contribution < 1.29 is 4.79 Å². The minimum absolute atomic E-state index is 0.0623. The van der Waals surface area contributed by atoms with Gasteiger partial charge in [0, 0.05) is 11.7 Å². The molecule has 1 fully saturated rings. The molecular weight excluding hydrogens is 284 g/mol. The van der Waals surface area contributed by atoms with Crippen LogP contribution in [0.1, 0.15) is 76.2 Å². The first-order chi connectivity index (χ1) is 11.2. The standard InChI is InChI=1S/C20H32N2O/c1-17-12-11-15-19(16-17)22-20(23)21-18-13-9-7-5-3-2-4-6-8-10-14-18/h11-12,15-16,18H,2-10,13-14H2,1H3,(H2,21,22,23). The maximum absolute atomic E-state index is 12.2. The van der Waals surface area contributed by atoms with Crippen molar-refractivity contribution in [2.24, 2.45) is 0 Å². The van der Waals surface area contributed by atoms with Crippen molar-refractivity contribution in [2.75, 3.05) is 5.32 Å². The van der Waals surface area contributed by atoms with E-state index in [4.69, 9.17) is 0 Å². The number of hydrogen-bond acceptors (Lipinski definition) is 1. The van der Waals surface area contributed by atoms with Crippen LogP contribution in [0.5, 0.6) is 0 Å². The molecule has 2 amide bonds. The van der Waals surface area contributed by atoms with Gasteiger partial charge >= 0.3 is 6.03 Å². The molecule has 0 atom stereocenters. The lowest BCUT2D eigenvalue weighted by atomic mass is 9.98. The molecule has 1 aromatic rings. The van der Waals surface area contributed by atoms with Crippen LogP contribution in [0, 0.1) is 6.92 Å². The van der Waals surface area contributed by atoms with Crippen LogP contribution in [0.15, 0.2) is 24.3 Å². The molecule has 1 aromatic carbocycles. The first-order valence-electron chi connectivity index (χ1n) is 9.38. The summed E-state index contributed by atoms with van der Waals surface area (Å²) in [6, 6.07) is 8.21. The number of nitrogens with one attached hydrogen (secondary N) is 2. The van der Waals surface area contributed by atoms with Crippen molar-refractivity contribution in [2.45, 2.75) is 83.6 Å². The van der Waals surface area contributed by atoms with E-state index in [1.165, 1.54) is 57.8 Å². The van der Waals surface area contributed by atoms with Crippen LogP contribution in [0.4, 0.5) is 10.5 Å². The number of amides is 2. The average Bonchev–Trinajstić information content (AvgIpc) is 2.50. The van der Waals surface area contributed by atoms with Gasteiger partial charge in [0.25, 0.3) is 0 Å². The third-order valence-corrected chi connectivity index (χ3v) is 4.72. The predicted molar refractivity (Wildman–Crippen MR) is 97.9 cm³/mol. The van der Waals surface area contributed by atoms with E-state index < -0.39 is 0 Å². The molecule has 3 nitrogen and oxygen atoms in total. The van der Waals surface area contributed by atoms with Gasteiger partial charge < -0.3 is 10.6 Å². The van der Waals surface area contributed by atoms with Crippen molar-refractivity contribution in [3.8, 4) is 0 Å². The Kier molecular flexibility index (Phi) is 7.99. The Labute approximate surface area is 141 Å². The number of urea groups is 1. The topological polar surface area (TPSA) is 41.1 Å². The minimum atomic E-state index is -0.0623. The van der Waals surface area contributed by atoms with Crippen LogP contribution >= 0.6 is 0 Å². The molecule has 0 radical (unpaired) electrons. The summed E-state index contributed by atoms with van der Waals surface area (Å²) >= 11 is 0. The van der Waals surface area contributed by atoms with Gasteiger partial charge in [0.05, 0.1) is 0 Å². The summed E-state index contributed by atoms with van der Waals surface area (Å²) in [7, 11) is 0. The predicted octanol–water partition coefficient (Wildman–Crippen LogP) is 5.79. The molecule has 1 aliphatic carbocycles. The zero-order valence-corrected chi connectivity index (χ0v) is 14.6. The Morgan fingerprint density at radius 1 is 0.913 bits per heavy atom. The summed E-state index contributed by atoms with van der Waals surface area (Å²) in [5.74, 6) is 0. The smallest absolute Gasteiger partial charge is 0.319 e. The Morgan fingerprint density at radius 2 is 1.48 bits per heavy atom. The third-order valence-electron chi connectivity index (χ3n) is 4.72. The average molecular weight is 316 g/mol. The fourth-order valence-corrected chi connectivity index (χ4v) is 3.38. The molecule has 1 aliphatic rings. The third kappa shape index (κ3) is 7.54. The Hall–Kier alpha value is -1.51. The van der Waals surface area contributed by atoms with Gasteiger partial charge in [-0.15, -0.1) is 0 Å². The van der Waals surface area contributed by atoms with Gasteiger partial charge in [-0.3, -0.25) is 0 Å². The van der Waals surface area contributed by atoms with E-state index in [1.807, 2.05) is 31.2 Å². The second-order valence-corrected chi connectivity index (χ2v) is 6.92. The zero-order valence-electron chi connectivity index (χ0n) is 14.6. The highest BCUT2D eigenvalue weighted by Gasteiger charge is 2.12. The quantitative estimate of drug-likeness (QED) is 0.712. The highest BCUT2D eigenvalue weighted by molar-refractivity contribution is 5.89. The lowest BCUT2D eigenvalue weighted by Gasteiger charge is -2.20. The highest BCUT2D eigenvalue weighted by atomic mass is 16.2.